The van der Waals surface area contributed by atoms with Crippen molar-refractivity contribution in [2.75, 3.05) is 19.8 Å². The first-order valence-corrected chi connectivity index (χ1v) is 7.37. The van der Waals surface area contributed by atoms with Crippen LogP contribution in [0, 0.1) is 5.41 Å². The predicted molar refractivity (Wildman–Crippen MR) is 71.9 cm³/mol. The fourth-order valence-electron chi connectivity index (χ4n) is 1.99. The fraction of sp³-hybridized carbons (Fsp3) is 0.667. The molecule has 0 unspecified atom stereocenters. The van der Waals surface area contributed by atoms with Crippen molar-refractivity contribution in [1.29, 1.82) is 0 Å². The molecule has 2 heterocycles. The Kier molecular flexibility index (Phi) is 4.41. The Morgan fingerprint density at radius 3 is 2.88 bits per heavy atom. The average Bonchev–Trinajstić information content (AvgIpc) is 2.65. The molecule has 0 aliphatic carbocycles. The number of hydrogen-bond donors (Lipinski definition) is 1. The Bertz CT molecular complexity index is 334. The van der Waals surface area contributed by atoms with Crippen LogP contribution >= 0.6 is 27.3 Å². The maximum atomic E-state index is 5.40. The SMILES string of the molecule is CC1(CNCc2csc(Br)c2)CCOCC1. The zero-order valence-corrected chi connectivity index (χ0v) is 12.0. The normalized spacial score (nSPS) is 19.9. The summed E-state index contributed by atoms with van der Waals surface area (Å²) in [5.41, 5.74) is 1.79. The smallest absolute Gasteiger partial charge is 0.0701 e. The highest BCUT2D eigenvalue weighted by Crippen LogP contribution is 2.29. The van der Waals surface area contributed by atoms with Gasteiger partial charge in [-0.2, -0.15) is 0 Å². The first-order valence-electron chi connectivity index (χ1n) is 5.69. The average molecular weight is 304 g/mol. The molecule has 1 saturated heterocycles. The van der Waals surface area contributed by atoms with Gasteiger partial charge in [-0.15, -0.1) is 11.3 Å². The molecule has 1 aromatic heterocycles. The van der Waals surface area contributed by atoms with E-state index in [4.69, 9.17) is 4.74 Å². The predicted octanol–water partition coefficient (Wildman–Crippen LogP) is 3.42. The van der Waals surface area contributed by atoms with Crippen LogP contribution in [0.5, 0.6) is 0 Å². The van der Waals surface area contributed by atoms with Gasteiger partial charge in [-0.05, 0) is 51.2 Å². The highest BCUT2D eigenvalue weighted by atomic mass is 79.9. The third kappa shape index (κ3) is 3.55. The van der Waals surface area contributed by atoms with Crippen molar-refractivity contribution in [1.82, 2.24) is 5.32 Å². The zero-order valence-electron chi connectivity index (χ0n) is 9.59. The lowest BCUT2D eigenvalue weighted by atomic mass is 9.82. The minimum absolute atomic E-state index is 0.422. The molecule has 0 atom stereocenters. The van der Waals surface area contributed by atoms with Gasteiger partial charge in [0.05, 0.1) is 3.79 Å². The maximum Gasteiger partial charge on any atom is 0.0701 e. The number of thiophene rings is 1. The van der Waals surface area contributed by atoms with E-state index in [1.165, 1.54) is 22.2 Å². The maximum absolute atomic E-state index is 5.40. The van der Waals surface area contributed by atoms with Crippen molar-refractivity contribution in [3.8, 4) is 0 Å². The first-order chi connectivity index (χ1) is 7.68. The van der Waals surface area contributed by atoms with Crippen molar-refractivity contribution in [2.45, 2.75) is 26.3 Å². The number of hydrogen-bond acceptors (Lipinski definition) is 3. The van der Waals surface area contributed by atoms with Crippen LogP contribution < -0.4 is 5.32 Å². The second-order valence-corrected chi connectivity index (χ2v) is 7.08. The third-order valence-electron chi connectivity index (χ3n) is 3.20. The lowest BCUT2D eigenvalue weighted by Crippen LogP contribution is -2.36. The van der Waals surface area contributed by atoms with Crippen LogP contribution in [-0.4, -0.2) is 19.8 Å². The van der Waals surface area contributed by atoms with Crippen molar-refractivity contribution in [3.05, 3.63) is 20.8 Å². The van der Waals surface area contributed by atoms with Gasteiger partial charge in [0.15, 0.2) is 0 Å². The minimum atomic E-state index is 0.422. The van der Waals surface area contributed by atoms with Crippen molar-refractivity contribution in [3.63, 3.8) is 0 Å². The molecule has 4 heteroatoms. The van der Waals surface area contributed by atoms with Gasteiger partial charge in [0.25, 0.3) is 0 Å². The fourth-order valence-corrected chi connectivity index (χ4v) is 3.20. The summed E-state index contributed by atoms with van der Waals surface area (Å²) in [4.78, 5) is 0. The Morgan fingerprint density at radius 2 is 2.25 bits per heavy atom. The topological polar surface area (TPSA) is 21.3 Å². The van der Waals surface area contributed by atoms with Crippen LogP contribution in [0.1, 0.15) is 25.3 Å². The molecule has 2 nitrogen and oxygen atoms in total. The molecule has 0 saturated carbocycles. The summed E-state index contributed by atoms with van der Waals surface area (Å²) < 4.78 is 6.61. The summed E-state index contributed by atoms with van der Waals surface area (Å²) in [7, 11) is 0. The molecule has 1 aromatic rings. The van der Waals surface area contributed by atoms with Gasteiger partial charge < -0.3 is 10.1 Å². The highest BCUT2D eigenvalue weighted by Gasteiger charge is 2.26. The van der Waals surface area contributed by atoms with Crippen LogP contribution in [0.3, 0.4) is 0 Å². The summed E-state index contributed by atoms with van der Waals surface area (Å²) in [6, 6.07) is 2.18. The van der Waals surface area contributed by atoms with E-state index in [1.807, 2.05) is 0 Å². The summed E-state index contributed by atoms with van der Waals surface area (Å²) in [6.07, 6.45) is 2.35. The Hall–Kier alpha value is 0.1000. The van der Waals surface area contributed by atoms with E-state index >= 15 is 0 Å². The van der Waals surface area contributed by atoms with Crippen molar-refractivity contribution >= 4 is 27.3 Å². The molecule has 0 aromatic carbocycles. The summed E-state index contributed by atoms with van der Waals surface area (Å²) in [6.45, 7) is 6.25. The molecule has 90 valence electrons. The van der Waals surface area contributed by atoms with E-state index in [0.29, 0.717) is 5.41 Å². The van der Waals surface area contributed by atoms with Crippen LogP contribution in [0.4, 0.5) is 0 Å². The van der Waals surface area contributed by atoms with Gasteiger partial charge in [0, 0.05) is 26.3 Å². The van der Waals surface area contributed by atoms with E-state index in [1.54, 1.807) is 11.3 Å². The van der Waals surface area contributed by atoms with Crippen LogP contribution in [-0.2, 0) is 11.3 Å². The lowest BCUT2D eigenvalue weighted by molar-refractivity contribution is 0.0240. The minimum Gasteiger partial charge on any atom is -0.381 e. The summed E-state index contributed by atoms with van der Waals surface area (Å²) in [5, 5.41) is 5.75. The van der Waals surface area contributed by atoms with E-state index in [2.05, 4.69) is 39.6 Å². The zero-order chi connectivity index (χ0) is 11.4. The lowest BCUT2D eigenvalue weighted by Gasteiger charge is -2.33. The highest BCUT2D eigenvalue weighted by molar-refractivity contribution is 9.11. The summed E-state index contributed by atoms with van der Waals surface area (Å²) in [5.74, 6) is 0. The van der Waals surface area contributed by atoms with Gasteiger partial charge in [-0.1, -0.05) is 6.92 Å². The van der Waals surface area contributed by atoms with Crippen LogP contribution in [0.15, 0.2) is 15.2 Å². The molecule has 0 amide bonds. The Balaban J connectivity index is 1.74. The molecule has 0 radical (unpaired) electrons. The molecule has 1 aliphatic rings. The van der Waals surface area contributed by atoms with E-state index in [0.717, 1.165) is 26.3 Å². The molecule has 0 bridgehead atoms. The van der Waals surface area contributed by atoms with Gasteiger partial charge in [-0.25, -0.2) is 0 Å². The van der Waals surface area contributed by atoms with Crippen LogP contribution in [0.25, 0.3) is 0 Å². The van der Waals surface area contributed by atoms with Crippen molar-refractivity contribution in [2.24, 2.45) is 5.41 Å². The first kappa shape index (κ1) is 12.6. The Morgan fingerprint density at radius 1 is 1.50 bits per heavy atom. The molecular formula is C12H18BrNOS. The molecule has 1 N–H and O–H groups in total. The molecule has 0 spiro atoms. The van der Waals surface area contributed by atoms with Crippen molar-refractivity contribution < 1.29 is 4.74 Å². The number of nitrogens with one attached hydrogen (secondary N) is 1. The Labute approximate surface area is 110 Å². The number of halogens is 1. The summed E-state index contributed by atoms with van der Waals surface area (Å²) >= 11 is 5.23. The molecule has 1 aliphatic heterocycles. The monoisotopic (exact) mass is 303 g/mol. The van der Waals surface area contributed by atoms with E-state index in [9.17, 15) is 0 Å². The van der Waals surface area contributed by atoms with E-state index < -0.39 is 0 Å². The molecular weight excluding hydrogens is 286 g/mol. The third-order valence-corrected chi connectivity index (χ3v) is 4.76. The quantitative estimate of drug-likeness (QED) is 0.920. The second-order valence-electron chi connectivity index (χ2n) is 4.79. The number of rotatable bonds is 4. The number of ether oxygens (including phenoxy) is 1. The van der Waals surface area contributed by atoms with Gasteiger partial charge in [0.1, 0.15) is 0 Å². The standard InChI is InChI=1S/C12H18BrNOS/c1-12(2-4-15-5-3-12)9-14-7-10-6-11(13)16-8-10/h6,8,14H,2-5,7,9H2,1H3. The molecule has 16 heavy (non-hydrogen) atoms. The van der Waals surface area contributed by atoms with Gasteiger partial charge in [-0.3, -0.25) is 0 Å². The van der Waals surface area contributed by atoms with Crippen LogP contribution in [0.2, 0.25) is 0 Å². The largest absolute Gasteiger partial charge is 0.381 e. The molecule has 2 rings (SSSR count). The van der Waals surface area contributed by atoms with E-state index in [-0.39, 0.29) is 0 Å². The van der Waals surface area contributed by atoms with Gasteiger partial charge >= 0.3 is 0 Å². The van der Waals surface area contributed by atoms with Gasteiger partial charge in [0.2, 0.25) is 0 Å². The molecule has 1 fully saturated rings. The second kappa shape index (κ2) is 5.63.